The molecule has 0 saturated carbocycles. The Balaban J connectivity index is 0.00000256. The van der Waals surface area contributed by atoms with Gasteiger partial charge in [0.25, 0.3) is 0 Å². The van der Waals surface area contributed by atoms with Crippen LogP contribution in [0.2, 0.25) is 0 Å². The number of esters is 1. The van der Waals surface area contributed by atoms with Gasteiger partial charge in [-0.15, -0.1) is 12.4 Å². The Kier molecular flexibility index (Phi) is 7.27. The zero-order valence-corrected chi connectivity index (χ0v) is 17.7. The Morgan fingerprint density at radius 2 is 1.73 bits per heavy atom. The van der Waals surface area contributed by atoms with Crippen LogP contribution in [-0.2, 0) is 9.53 Å². The van der Waals surface area contributed by atoms with Gasteiger partial charge in [0.15, 0.2) is 5.78 Å². The Labute approximate surface area is 182 Å². The van der Waals surface area contributed by atoms with Crippen molar-refractivity contribution in [3.05, 3.63) is 71.5 Å². The van der Waals surface area contributed by atoms with Crippen LogP contribution in [0.3, 0.4) is 0 Å². The van der Waals surface area contributed by atoms with E-state index in [1.807, 2.05) is 30.3 Å². The highest BCUT2D eigenvalue weighted by Crippen LogP contribution is 2.48. The maximum absolute atomic E-state index is 13.0. The molecule has 2 aromatic rings. The van der Waals surface area contributed by atoms with Crippen LogP contribution in [0, 0.1) is 11.2 Å². The third-order valence-electron chi connectivity index (χ3n) is 6.29. The van der Waals surface area contributed by atoms with E-state index >= 15 is 0 Å². The molecule has 0 N–H and O–H groups in total. The second-order valence-corrected chi connectivity index (χ2v) is 8.16. The SMILES string of the molecule is Cl.O=C(CCCN1CCC2(CC1)CC(c1ccccc1)OC2=O)c1ccc(F)cc1. The van der Waals surface area contributed by atoms with Gasteiger partial charge in [-0.05, 0) is 68.7 Å². The predicted molar refractivity (Wildman–Crippen MR) is 115 cm³/mol. The van der Waals surface area contributed by atoms with Crippen LogP contribution in [0.4, 0.5) is 4.39 Å². The average molecular weight is 432 g/mol. The van der Waals surface area contributed by atoms with E-state index in [4.69, 9.17) is 4.74 Å². The third-order valence-corrected chi connectivity index (χ3v) is 6.29. The van der Waals surface area contributed by atoms with E-state index < -0.39 is 0 Å². The molecule has 1 unspecified atom stereocenters. The molecule has 1 atom stereocenters. The first kappa shape index (κ1) is 22.4. The van der Waals surface area contributed by atoms with Crippen LogP contribution in [0.15, 0.2) is 54.6 Å². The lowest BCUT2D eigenvalue weighted by molar-refractivity contribution is -0.151. The summed E-state index contributed by atoms with van der Waals surface area (Å²) in [5.41, 5.74) is 1.27. The standard InChI is InChI=1S/C24H26FNO3.ClH/c25-20-10-8-18(9-11-20)21(27)7-4-14-26-15-12-24(13-16-26)17-22(29-23(24)28)19-5-2-1-3-6-19;/h1-3,5-6,8-11,22H,4,7,12-17H2;1H. The second kappa shape index (κ2) is 9.71. The van der Waals surface area contributed by atoms with Crippen molar-refractivity contribution >= 4 is 24.2 Å². The van der Waals surface area contributed by atoms with E-state index in [1.54, 1.807) is 0 Å². The van der Waals surface area contributed by atoms with Gasteiger partial charge in [0, 0.05) is 18.4 Å². The van der Waals surface area contributed by atoms with Gasteiger partial charge < -0.3 is 9.64 Å². The van der Waals surface area contributed by atoms with Crippen LogP contribution in [-0.4, -0.2) is 36.3 Å². The van der Waals surface area contributed by atoms with Gasteiger partial charge in [0.1, 0.15) is 11.9 Å². The number of rotatable bonds is 6. The molecule has 0 amide bonds. The van der Waals surface area contributed by atoms with Crippen molar-refractivity contribution in [2.24, 2.45) is 5.41 Å². The molecule has 2 saturated heterocycles. The Bertz CT molecular complexity index is 864. The normalized spacial score (nSPS) is 20.6. The van der Waals surface area contributed by atoms with Crippen LogP contribution < -0.4 is 0 Å². The van der Waals surface area contributed by atoms with Crippen molar-refractivity contribution in [1.82, 2.24) is 4.90 Å². The zero-order valence-electron chi connectivity index (χ0n) is 16.9. The third kappa shape index (κ3) is 4.90. The molecular formula is C24H27ClFNO3. The molecule has 4 nitrogen and oxygen atoms in total. The second-order valence-electron chi connectivity index (χ2n) is 8.16. The molecular weight excluding hydrogens is 405 g/mol. The smallest absolute Gasteiger partial charge is 0.312 e. The van der Waals surface area contributed by atoms with E-state index in [1.165, 1.54) is 24.3 Å². The number of piperidine rings is 1. The van der Waals surface area contributed by atoms with E-state index in [9.17, 15) is 14.0 Å². The molecule has 0 bridgehead atoms. The van der Waals surface area contributed by atoms with Crippen molar-refractivity contribution in [3.8, 4) is 0 Å². The molecule has 1 spiro atoms. The van der Waals surface area contributed by atoms with Crippen molar-refractivity contribution in [2.45, 2.75) is 38.2 Å². The van der Waals surface area contributed by atoms with Crippen LogP contribution in [0.1, 0.15) is 54.1 Å². The fourth-order valence-corrected chi connectivity index (χ4v) is 4.44. The Morgan fingerprint density at radius 1 is 1.07 bits per heavy atom. The highest BCUT2D eigenvalue weighted by atomic mass is 35.5. The number of halogens is 2. The Morgan fingerprint density at radius 3 is 2.40 bits per heavy atom. The number of cyclic esters (lactones) is 1. The molecule has 30 heavy (non-hydrogen) atoms. The number of benzene rings is 2. The van der Waals surface area contributed by atoms with Crippen molar-refractivity contribution in [3.63, 3.8) is 0 Å². The van der Waals surface area contributed by atoms with Crippen molar-refractivity contribution in [1.29, 1.82) is 0 Å². The van der Waals surface area contributed by atoms with E-state index in [0.29, 0.717) is 12.0 Å². The van der Waals surface area contributed by atoms with Crippen LogP contribution >= 0.6 is 12.4 Å². The maximum Gasteiger partial charge on any atom is 0.312 e. The molecule has 2 aliphatic heterocycles. The van der Waals surface area contributed by atoms with E-state index in [2.05, 4.69) is 4.90 Å². The molecule has 160 valence electrons. The van der Waals surface area contributed by atoms with Crippen molar-refractivity contribution < 1.29 is 18.7 Å². The number of Topliss-reactive ketones (excluding diaryl/α,β-unsaturated/α-hetero) is 1. The first-order valence-electron chi connectivity index (χ1n) is 10.3. The van der Waals surface area contributed by atoms with Gasteiger partial charge >= 0.3 is 5.97 Å². The summed E-state index contributed by atoms with van der Waals surface area (Å²) in [7, 11) is 0. The number of ether oxygens (including phenoxy) is 1. The van der Waals surface area contributed by atoms with Gasteiger partial charge in [0.2, 0.25) is 0 Å². The maximum atomic E-state index is 13.0. The lowest BCUT2D eigenvalue weighted by Gasteiger charge is -2.36. The summed E-state index contributed by atoms with van der Waals surface area (Å²) in [6.07, 6.45) is 3.45. The molecule has 2 aliphatic rings. The van der Waals surface area contributed by atoms with Crippen LogP contribution in [0.5, 0.6) is 0 Å². The number of hydrogen-bond acceptors (Lipinski definition) is 4. The summed E-state index contributed by atoms with van der Waals surface area (Å²) >= 11 is 0. The lowest BCUT2D eigenvalue weighted by atomic mass is 9.75. The van der Waals surface area contributed by atoms with Gasteiger partial charge in [0.05, 0.1) is 5.41 Å². The highest BCUT2D eigenvalue weighted by molar-refractivity contribution is 5.95. The van der Waals surface area contributed by atoms with Gasteiger partial charge in [-0.2, -0.15) is 0 Å². The summed E-state index contributed by atoms with van der Waals surface area (Å²) in [6, 6.07) is 15.7. The molecule has 2 aromatic carbocycles. The number of hydrogen-bond donors (Lipinski definition) is 0. The lowest BCUT2D eigenvalue weighted by Crippen LogP contribution is -2.42. The molecule has 0 radical (unpaired) electrons. The fraction of sp³-hybridized carbons (Fsp3) is 0.417. The molecule has 2 fully saturated rings. The monoisotopic (exact) mass is 431 g/mol. The number of likely N-dealkylation sites (tertiary alicyclic amines) is 1. The summed E-state index contributed by atoms with van der Waals surface area (Å²) in [4.78, 5) is 27.2. The first-order chi connectivity index (χ1) is 14.1. The zero-order chi connectivity index (χ0) is 20.3. The number of carbonyl (C=O) groups excluding carboxylic acids is 2. The van der Waals surface area contributed by atoms with Gasteiger partial charge in [-0.1, -0.05) is 30.3 Å². The van der Waals surface area contributed by atoms with Crippen LogP contribution in [0.25, 0.3) is 0 Å². The average Bonchev–Trinajstić information content (AvgIpc) is 3.06. The summed E-state index contributed by atoms with van der Waals surface area (Å²) < 4.78 is 18.7. The largest absolute Gasteiger partial charge is 0.457 e. The molecule has 2 heterocycles. The molecule has 6 heteroatoms. The van der Waals surface area contributed by atoms with Crippen molar-refractivity contribution in [2.75, 3.05) is 19.6 Å². The highest BCUT2D eigenvalue weighted by Gasteiger charge is 2.50. The minimum Gasteiger partial charge on any atom is -0.457 e. The number of carbonyl (C=O) groups is 2. The topological polar surface area (TPSA) is 46.6 Å². The van der Waals surface area contributed by atoms with E-state index in [0.717, 1.165) is 50.9 Å². The quantitative estimate of drug-likeness (QED) is 0.478. The Hall–Kier alpha value is -2.24. The molecule has 4 rings (SSSR count). The molecule has 0 aromatic heterocycles. The minimum atomic E-state index is -0.360. The number of nitrogens with zero attached hydrogens (tertiary/aromatic N) is 1. The van der Waals surface area contributed by atoms with Gasteiger partial charge in [-0.25, -0.2) is 4.39 Å². The molecule has 0 aliphatic carbocycles. The fourth-order valence-electron chi connectivity index (χ4n) is 4.44. The number of ketones is 1. The van der Waals surface area contributed by atoms with Gasteiger partial charge in [-0.3, -0.25) is 9.59 Å². The summed E-state index contributed by atoms with van der Waals surface area (Å²) in [5, 5.41) is 0. The van der Waals surface area contributed by atoms with E-state index in [-0.39, 0.29) is 41.5 Å². The summed E-state index contributed by atoms with van der Waals surface area (Å²) in [6.45, 7) is 2.53. The summed E-state index contributed by atoms with van der Waals surface area (Å²) in [5.74, 6) is -0.343. The predicted octanol–water partition coefficient (Wildman–Crippen LogP) is 4.98. The first-order valence-corrected chi connectivity index (χ1v) is 10.3. The minimum absolute atomic E-state index is 0.